The van der Waals surface area contributed by atoms with Gasteiger partial charge < -0.3 is 15.5 Å². The van der Waals surface area contributed by atoms with Crippen LogP contribution in [0.2, 0.25) is 0 Å². The summed E-state index contributed by atoms with van der Waals surface area (Å²) >= 11 is 0. The maximum absolute atomic E-state index is 12.6. The predicted molar refractivity (Wildman–Crippen MR) is 66.8 cm³/mol. The van der Waals surface area contributed by atoms with Crippen molar-refractivity contribution < 1.29 is 22.7 Å². The molecule has 0 amide bonds. The molecule has 20 heavy (non-hydrogen) atoms. The van der Waals surface area contributed by atoms with E-state index in [0.29, 0.717) is 0 Å². The van der Waals surface area contributed by atoms with E-state index in [1.54, 1.807) is 6.92 Å². The van der Waals surface area contributed by atoms with Crippen LogP contribution < -0.4 is 16.6 Å². The van der Waals surface area contributed by atoms with Crippen LogP contribution in [0.1, 0.15) is 18.9 Å². The van der Waals surface area contributed by atoms with Crippen molar-refractivity contribution in [1.29, 1.82) is 0 Å². The Hall–Kier alpha value is -2.03. The maximum Gasteiger partial charge on any atom is 0.416 e. The number of aromatic nitrogens is 1. The number of anilines is 2. The van der Waals surface area contributed by atoms with Crippen LogP contribution in [0.3, 0.4) is 0 Å². The van der Waals surface area contributed by atoms with E-state index in [1.807, 2.05) is 0 Å². The molecule has 1 aromatic rings. The van der Waals surface area contributed by atoms with Gasteiger partial charge in [0.2, 0.25) is 0 Å². The van der Waals surface area contributed by atoms with Gasteiger partial charge in [-0.15, -0.1) is 0 Å². The first-order valence-corrected chi connectivity index (χ1v) is 5.82. The number of hydrogen-bond donors (Lipinski definition) is 3. The second-order valence-electron chi connectivity index (χ2n) is 3.75. The largest absolute Gasteiger partial charge is 0.466 e. The molecule has 1 heterocycles. The van der Waals surface area contributed by atoms with Crippen molar-refractivity contribution in [3.8, 4) is 0 Å². The Labute approximate surface area is 113 Å². The molecule has 0 radical (unpaired) electrons. The molecule has 9 heteroatoms. The fourth-order valence-electron chi connectivity index (χ4n) is 1.38. The molecule has 0 atom stereocenters. The Morgan fingerprint density at radius 2 is 2.05 bits per heavy atom. The number of esters is 1. The first-order valence-electron chi connectivity index (χ1n) is 5.82. The van der Waals surface area contributed by atoms with Crippen molar-refractivity contribution in [2.45, 2.75) is 19.5 Å². The van der Waals surface area contributed by atoms with E-state index in [2.05, 4.69) is 15.7 Å². The van der Waals surface area contributed by atoms with Gasteiger partial charge >= 0.3 is 12.1 Å². The Morgan fingerprint density at radius 1 is 1.40 bits per heavy atom. The molecule has 0 fully saturated rings. The molecule has 0 spiro atoms. The van der Waals surface area contributed by atoms with Crippen molar-refractivity contribution in [2.24, 2.45) is 5.84 Å². The number of rotatable bonds is 6. The molecule has 0 aliphatic rings. The highest BCUT2D eigenvalue weighted by Crippen LogP contribution is 2.31. The van der Waals surface area contributed by atoms with E-state index in [1.165, 1.54) is 0 Å². The fourth-order valence-corrected chi connectivity index (χ4v) is 1.38. The highest BCUT2D eigenvalue weighted by molar-refractivity contribution is 5.70. The summed E-state index contributed by atoms with van der Waals surface area (Å²) in [6, 6.07) is 1.63. The second kappa shape index (κ2) is 6.94. The van der Waals surface area contributed by atoms with Gasteiger partial charge in [-0.25, -0.2) is 10.8 Å². The smallest absolute Gasteiger partial charge is 0.416 e. The van der Waals surface area contributed by atoms with Crippen LogP contribution in [0.4, 0.5) is 24.8 Å². The Kier molecular flexibility index (Phi) is 5.56. The summed E-state index contributed by atoms with van der Waals surface area (Å²) in [7, 11) is 0. The maximum atomic E-state index is 12.6. The van der Waals surface area contributed by atoms with E-state index in [-0.39, 0.29) is 31.2 Å². The van der Waals surface area contributed by atoms with E-state index in [4.69, 9.17) is 10.6 Å². The lowest BCUT2D eigenvalue weighted by Crippen LogP contribution is -2.15. The van der Waals surface area contributed by atoms with E-state index < -0.39 is 17.7 Å². The minimum absolute atomic E-state index is 0.0250. The number of nitrogens with one attached hydrogen (secondary N) is 2. The van der Waals surface area contributed by atoms with Gasteiger partial charge in [-0.2, -0.15) is 13.2 Å². The summed E-state index contributed by atoms with van der Waals surface area (Å²) < 4.78 is 42.6. The number of pyridine rings is 1. The zero-order valence-corrected chi connectivity index (χ0v) is 10.8. The molecule has 0 aliphatic carbocycles. The number of carbonyl (C=O) groups excluding carboxylic acids is 1. The zero-order chi connectivity index (χ0) is 15.2. The monoisotopic (exact) mass is 292 g/mol. The molecule has 0 saturated carbocycles. The minimum atomic E-state index is -4.51. The quantitative estimate of drug-likeness (QED) is 0.420. The lowest BCUT2D eigenvalue weighted by atomic mass is 10.2. The molecule has 112 valence electrons. The molecular weight excluding hydrogens is 277 g/mol. The lowest BCUT2D eigenvalue weighted by molar-refractivity contribution is -0.142. The van der Waals surface area contributed by atoms with Gasteiger partial charge in [-0.1, -0.05) is 0 Å². The highest BCUT2D eigenvalue weighted by atomic mass is 19.4. The third-order valence-electron chi connectivity index (χ3n) is 2.24. The molecule has 0 bridgehead atoms. The standard InChI is InChI=1S/C11H15F3N4O2/c1-2-20-10(19)3-4-16-8-5-7(11(12,13)14)6-9(17-8)18-15/h5-6H,2-4,15H2,1H3,(H2,16,17,18). The van der Waals surface area contributed by atoms with Gasteiger partial charge in [0.15, 0.2) is 0 Å². The Bertz CT molecular complexity index is 465. The zero-order valence-electron chi connectivity index (χ0n) is 10.8. The summed E-state index contributed by atoms with van der Waals surface area (Å²) in [4.78, 5) is 14.9. The van der Waals surface area contributed by atoms with Crippen molar-refractivity contribution in [3.05, 3.63) is 17.7 Å². The SMILES string of the molecule is CCOC(=O)CCNc1cc(C(F)(F)F)cc(NN)n1. The highest BCUT2D eigenvalue weighted by Gasteiger charge is 2.31. The molecule has 6 nitrogen and oxygen atoms in total. The van der Waals surface area contributed by atoms with Gasteiger partial charge in [0.25, 0.3) is 0 Å². The lowest BCUT2D eigenvalue weighted by Gasteiger charge is -2.12. The number of hydrazine groups is 1. The second-order valence-corrected chi connectivity index (χ2v) is 3.75. The molecule has 0 unspecified atom stereocenters. The number of alkyl halides is 3. The third kappa shape index (κ3) is 4.92. The molecular formula is C11H15F3N4O2. The number of nitrogens with zero attached hydrogens (tertiary/aromatic N) is 1. The number of nitrogen functional groups attached to an aromatic ring is 1. The minimum Gasteiger partial charge on any atom is -0.466 e. The molecule has 1 aromatic heterocycles. The number of hydrogen-bond acceptors (Lipinski definition) is 6. The molecule has 0 aromatic carbocycles. The van der Waals surface area contributed by atoms with Crippen molar-refractivity contribution in [1.82, 2.24) is 4.98 Å². The summed E-state index contributed by atoms with van der Waals surface area (Å²) in [6.45, 7) is 2.03. The van der Waals surface area contributed by atoms with E-state index >= 15 is 0 Å². The Balaban J connectivity index is 2.72. The first kappa shape index (κ1) is 16.0. The van der Waals surface area contributed by atoms with Gasteiger partial charge in [0.05, 0.1) is 18.6 Å². The van der Waals surface area contributed by atoms with E-state index in [0.717, 1.165) is 12.1 Å². The molecule has 0 saturated heterocycles. The number of ether oxygens (including phenoxy) is 1. The van der Waals surface area contributed by atoms with Crippen LogP contribution in [0.5, 0.6) is 0 Å². The summed E-state index contributed by atoms with van der Waals surface area (Å²) in [5, 5.41) is 2.61. The third-order valence-corrected chi connectivity index (χ3v) is 2.24. The molecule has 0 aliphatic heterocycles. The van der Waals surface area contributed by atoms with Crippen molar-refractivity contribution in [2.75, 3.05) is 23.9 Å². The Morgan fingerprint density at radius 3 is 2.60 bits per heavy atom. The summed E-state index contributed by atoms with van der Waals surface area (Å²) in [5.74, 6) is 4.47. The van der Waals surface area contributed by atoms with Crippen LogP contribution in [0.25, 0.3) is 0 Å². The van der Waals surface area contributed by atoms with Gasteiger partial charge in [-0.3, -0.25) is 4.79 Å². The fraction of sp³-hybridized carbons (Fsp3) is 0.455. The average molecular weight is 292 g/mol. The van der Waals surface area contributed by atoms with Crippen molar-refractivity contribution >= 4 is 17.6 Å². The summed E-state index contributed by atoms with van der Waals surface area (Å²) in [6.07, 6.45) is -4.48. The van der Waals surface area contributed by atoms with Gasteiger partial charge in [0.1, 0.15) is 11.6 Å². The van der Waals surface area contributed by atoms with Crippen LogP contribution in [-0.4, -0.2) is 24.1 Å². The summed E-state index contributed by atoms with van der Waals surface area (Å²) in [5.41, 5.74) is 1.17. The van der Waals surface area contributed by atoms with Gasteiger partial charge in [0, 0.05) is 6.54 Å². The molecule has 4 N–H and O–H groups in total. The van der Waals surface area contributed by atoms with Gasteiger partial charge in [-0.05, 0) is 19.1 Å². The number of carbonyl (C=O) groups is 1. The van der Waals surface area contributed by atoms with Crippen LogP contribution in [0, 0.1) is 0 Å². The van der Waals surface area contributed by atoms with E-state index in [9.17, 15) is 18.0 Å². The average Bonchev–Trinajstić information content (AvgIpc) is 2.37. The van der Waals surface area contributed by atoms with Crippen LogP contribution >= 0.6 is 0 Å². The van der Waals surface area contributed by atoms with Crippen molar-refractivity contribution in [3.63, 3.8) is 0 Å². The normalized spacial score (nSPS) is 11.1. The van der Waals surface area contributed by atoms with Crippen LogP contribution in [-0.2, 0) is 15.7 Å². The number of nitrogens with two attached hydrogens (primary N) is 1. The molecule has 1 rings (SSSR count). The number of halogens is 3. The topological polar surface area (TPSA) is 89.3 Å². The predicted octanol–water partition coefficient (Wildman–Crippen LogP) is 1.75. The first-order chi connectivity index (χ1) is 9.36. The van der Waals surface area contributed by atoms with Crippen LogP contribution in [0.15, 0.2) is 12.1 Å².